The maximum atomic E-state index is 10.7. The summed E-state index contributed by atoms with van der Waals surface area (Å²) < 4.78 is 0. The Kier molecular flexibility index (Phi) is 4.20. The van der Waals surface area contributed by atoms with Crippen molar-refractivity contribution in [3.63, 3.8) is 0 Å². The number of aliphatic carboxylic acids is 1. The van der Waals surface area contributed by atoms with Crippen molar-refractivity contribution in [3.05, 3.63) is 29.8 Å². The van der Waals surface area contributed by atoms with E-state index < -0.39 is 12.0 Å². The molecular formula is C14H20N2O2. The van der Waals surface area contributed by atoms with E-state index in [1.54, 1.807) is 0 Å². The highest BCUT2D eigenvalue weighted by Crippen LogP contribution is 2.24. The molecule has 1 unspecified atom stereocenters. The van der Waals surface area contributed by atoms with Crippen LogP contribution in [0, 0.1) is 0 Å². The van der Waals surface area contributed by atoms with Gasteiger partial charge in [-0.25, -0.2) is 0 Å². The summed E-state index contributed by atoms with van der Waals surface area (Å²) in [6.07, 6.45) is 3.73. The van der Waals surface area contributed by atoms with Crippen LogP contribution in [0.5, 0.6) is 0 Å². The number of benzene rings is 1. The van der Waals surface area contributed by atoms with Gasteiger partial charge in [-0.05, 0) is 37.0 Å². The number of nitrogens with zero attached hydrogens (tertiary/aromatic N) is 1. The first-order chi connectivity index (χ1) is 8.66. The Balaban J connectivity index is 2.11. The van der Waals surface area contributed by atoms with Gasteiger partial charge in [0.15, 0.2) is 0 Å². The minimum Gasteiger partial charge on any atom is -0.481 e. The van der Waals surface area contributed by atoms with Crippen LogP contribution in [0.2, 0.25) is 0 Å². The van der Waals surface area contributed by atoms with Gasteiger partial charge in [-0.3, -0.25) is 4.79 Å². The summed E-state index contributed by atoms with van der Waals surface area (Å²) in [4.78, 5) is 13.0. The van der Waals surface area contributed by atoms with Gasteiger partial charge in [-0.1, -0.05) is 12.1 Å². The molecule has 1 heterocycles. The quantitative estimate of drug-likeness (QED) is 0.856. The van der Waals surface area contributed by atoms with E-state index in [1.807, 2.05) is 18.2 Å². The normalized spacial score (nSPS) is 17.5. The first-order valence-corrected chi connectivity index (χ1v) is 6.49. The largest absolute Gasteiger partial charge is 0.481 e. The molecule has 4 heteroatoms. The average Bonchev–Trinajstić information content (AvgIpc) is 2.39. The van der Waals surface area contributed by atoms with Gasteiger partial charge >= 0.3 is 5.97 Å². The first-order valence-electron chi connectivity index (χ1n) is 6.49. The number of carboxylic acids is 1. The van der Waals surface area contributed by atoms with Gasteiger partial charge in [0, 0.05) is 24.8 Å². The van der Waals surface area contributed by atoms with Gasteiger partial charge < -0.3 is 15.7 Å². The lowest BCUT2D eigenvalue weighted by molar-refractivity contribution is -0.137. The number of rotatable bonds is 4. The van der Waals surface area contributed by atoms with E-state index in [9.17, 15) is 4.79 Å². The Hall–Kier alpha value is -1.55. The van der Waals surface area contributed by atoms with E-state index in [-0.39, 0.29) is 6.42 Å². The summed E-state index contributed by atoms with van der Waals surface area (Å²) in [6, 6.07) is 7.54. The van der Waals surface area contributed by atoms with Crippen molar-refractivity contribution in [1.29, 1.82) is 0 Å². The summed E-state index contributed by atoms with van der Waals surface area (Å²) in [7, 11) is 0. The summed E-state index contributed by atoms with van der Waals surface area (Å²) in [5, 5.41) is 8.77. The maximum absolute atomic E-state index is 10.7. The molecule has 4 nitrogen and oxygen atoms in total. The lowest BCUT2D eigenvalue weighted by Crippen LogP contribution is -2.29. The fraction of sp³-hybridized carbons (Fsp3) is 0.500. The van der Waals surface area contributed by atoms with E-state index in [0.717, 1.165) is 24.3 Å². The topological polar surface area (TPSA) is 66.6 Å². The molecule has 1 aliphatic heterocycles. The lowest BCUT2D eigenvalue weighted by atomic mass is 10.0. The number of nitrogens with two attached hydrogens (primary N) is 1. The molecule has 0 aromatic heterocycles. The fourth-order valence-electron chi connectivity index (χ4n) is 2.41. The first kappa shape index (κ1) is 12.9. The Morgan fingerprint density at radius 2 is 2.06 bits per heavy atom. The van der Waals surface area contributed by atoms with Crippen LogP contribution in [0.4, 0.5) is 5.69 Å². The number of piperidine rings is 1. The molecule has 0 spiro atoms. The second kappa shape index (κ2) is 5.87. The summed E-state index contributed by atoms with van der Waals surface area (Å²) in [5.41, 5.74) is 7.96. The monoisotopic (exact) mass is 248 g/mol. The molecule has 1 fully saturated rings. The zero-order chi connectivity index (χ0) is 13.0. The van der Waals surface area contributed by atoms with E-state index in [4.69, 9.17) is 10.8 Å². The highest BCUT2D eigenvalue weighted by atomic mass is 16.4. The Morgan fingerprint density at radius 3 is 2.72 bits per heavy atom. The molecule has 18 heavy (non-hydrogen) atoms. The summed E-state index contributed by atoms with van der Waals surface area (Å²) in [5.74, 6) is -0.856. The van der Waals surface area contributed by atoms with Crippen LogP contribution < -0.4 is 10.6 Å². The van der Waals surface area contributed by atoms with Crippen LogP contribution in [0.3, 0.4) is 0 Å². The Morgan fingerprint density at radius 1 is 1.33 bits per heavy atom. The second-order valence-corrected chi connectivity index (χ2v) is 4.85. The van der Waals surface area contributed by atoms with Crippen molar-refractivity contribution in [1.82, 2.24) is 0 Å². The number of anilines is 1. The molecule has 1 aliphatic rings. The highest BCUT2D eigenvalue weighted by Gasteiger charge is 2.14. The average molecular weight is 248 g/mol. The van der Waals surface area contributed by atoms with Gasteiger partial charge in [0.1, 0.15) is 0 Å². The van der Waals surface area contributed by atoms with Gasteiger partial charge in [0.05, 0.1) is 6.42 Å². The zero-order valence-corrected chi connectivity index (χ0v) is 10.5. The molecular weight excluding hydrogens is 228 g/mol. The predicted molar refractivity (Wildman–Crippen MR) is 71.7 cm³/mol. The van der Waals surface area contributed by atoms with E-state index in [1.165, 1.54) is 19.3 Å². The third-order valence-electron chi connectivity index (χ3n) is 3.41. The third-order valence-corrected chi connectivity index (χ3v) is 3.41. The van der Waals surface area contributed by atoms with Gasteiger partial charge in [-0.15, -0.1) is 0 Å². The predicted octanol–water partition coefficient (Wildman–Crippen LogP) is 2.15. The molecule has 0 amide bonds. The van der Waals surface area contributed by atoms with Crippen molar-refractivity contribution in [2.24, 2.45) is 5.73 Å². The second-order valence-electron chi connectivity index (χ2n) is 4.85. The molecule has 0 bridgehead atoms. The number of carboxylic acid groups (broad SMARTS) is 1. The summed E-state index contributed by atoms with van der Waals surface area (Å²) >= 11 is 0. The molecule has 1 saturated heterocycles. The van der Waals surface area contributed by atoms with Gasteiger partial charge in [0.2, 0.25) is 0 Å². The molecule has 0 aliphatic carbocycles. The van der Waals surface area contributed by atoms with Crippen LogP contribution in [0.15, 0.2) is 24.3 Å². The van der Waals surface area contributed by atoms with Crippen LogP contribution in [-0.2, 0) is 4.79 Å². The van der Waals surface area contributed by atoms with Crippen LogP contribution in [0.25, 0.3) is 0 Å². The van der Waals surface area contributed by atoms with Crippen LogP contribution in [-0.4, -0.2) is 24.2 Å². The number of carbonyl (C=O) groups is 1. The van der Waals surface area contributed by atoms with Crippen molar-refractivity contribution in [2.45, 2.75) is 31.7 Å². The van der Waals surface area contributed by atoms with E-state index in [0.29, 0.717) is 0 Å². The molecule has 0 saturated carbocycles. The van der Waals surface area contributed by atoms with Gasteiger partial charge in [0.25, 0.3) is 0 Å². The van der Waals surface area contributed by atoms with Gasteiger partial charge in [-0.2, -0.15) is 0 Å². The maximum Gasteiger partial charge on any atom is 0.305 e. The Labute approximate surface area is 107 Å². The van der Waals surface area contributed by atoms with Crippen molar-refractivity contribution in [3.8, 4) is 0 Å². The molecule has 0 radical (unpaired) electrons. The van der Waals surface area contributed by atoms with Crippen molar-refractivity contribution in [2.75, 3.05) is 18.0 Å². The minimum atomic E-state index is -0.856. The van der Waals surface area contributed by atoms with E-state index in [2.05, 4.69) is 11.0 Å². The SMILES string of the molecule is NC(CC(=O)O)c1cccc(N2CCCCC2)c1. The van der Waals surface area contributed by atoms with Crippen molar-refractivity contribution < 1.29 is 9.90 Å². The molecule has 1 aromatic rings. The smallest absolute Gasteiger partial charge is 0.305 e. The lowest BCUT2D eigenvalue weighted by Gasteiger charge is -2.29. The molecule has 3 N–H and O–H groups in total. The zero-order valence-electron chi connectivity index (χ0n) is 10.5. The molecule has 1 atom stereocenters. The fourth-order valence-corrected chi connectivity index (χ4v) is 2.41. The van der Waals surface area contributed by atoms with E-state index >= 15 is 0 Å². The number of hydrogen-bond acceptors (Lipinski definition) is 3. The molecule has 1 aromatic carbocycles. The number of hydrogen-bond donors (Lipinski definition) is 2. The Bertz CT molecular complexity index is 414. The summed E-state index contributed by atoms with van der Waals surface area (Å²) in [6.45, 7) is 2.16. The standard InChI is InChI=1S/C14H20N2O2/c15-13(10-14(17)18)11-5-4-6-12(9-11)16-7-2-1-3-8-16/h4-6,9,13H,1-3,7-8,10,15H2,(H,17,18). The van der Waals surface area contributed by atoms with Crippen LogP contribution >= 0.6 is 0 Å². The third kappa shape index (κ3) is 3.23. The highest BCUT2D eigenvalue weighted by molar-refractivity contribution is 5.68. The minimum absolute atomic E-state index is 0.0244. The molecule has 2 rings (SSSR count). The molecule has 98 valence electrons. The van der Waals surface area contributed by atoms with Crippen molar-refractivity contribution >= 4 is 11.7 Å². The van der Waals surface area contributed by atoms with Crippen LogP contribution in [0.1, 0.15) is 37.3 Å².